The van der Waals surface area contributed by atoms with Crippen LogP contribution in [0.3, 0.4) is 0 Å². The second-order valence-corrected chi connectivity index (χ2v) is 10.0. The van der Waals surface area contributed by atoms with Crippen molar-refractivity contribution in [2.75, 3.05) is 6.61 Å². The van der Waals surface area contributed by atoms with Crippen molar-refractivity contribution in [3.05, 3.63) is 30.1 Å². The summed E-state index contributed by atoms with van der Waals surface area (Å²) >= 11 is 18.6. The van der Waals surface area contributed by atoms with E-state index in [9.17, 15) is 9.18 Å². The first-order valence-electron chi connectivity index (χ1n) is 7.76. The molecule has 132 valence electrons. The molecule has 2 aliphatic heterocycles. The average Bonchev–Trinajstić information content (AvgIpc) is 2.78. The van der Waals surface area contributed by atoms with Crippen LogP contribution in [0.5, 0.6) is 0 Å². The lowest BCUT2D eigenvalue weighted by molar-refractivity contribution is 0.0724. The van der Waals surface area contributed by atoms with E-state index in [0.717, 1.165) is 30.6 Å². The molecule has 3 nitrogen and oxygen atoms in total. The maximum atomic E-state index is 13.0. The number of fused-ring (bicyclic) bond motifs is 2. The Bertz CT molecular complexity index is 582. The van der Waals surface area contributed by atoms with E-state index in [2.05, 4.69) is 0 Å². The molecule has 3 rings (SSSR count). The number of carbonyl (C=O) groups excluding carboxylic acids is 1. The Labute approximate surface area is 159 Å². The third-order valence-electron chi connectivity index (χ3n) is 4.38. The number of rotatable bonds is 3. The van der Waals surface area contributed by atoms with Gasteiger partial charge in [-0.05, 0) is 49.9 Å². The van der Waals surface area contributed by atoms with Crippen LogP contribution in [0.4, 0.5) is 9.18 Å². The molecule has 1 aromatic rings. The van der Waals surface area contributed by atoms with Gasteiger partial charge in [0.1, 0.15) is 12.4 Å². The van der Waals surface area contributed by atoms with Crippen molar-refractivity contribution in [2.45, 2.75) is 51.7 Å². The molecule has 0 spiro atoms. The van der Waals surface area contributed by atoms with Gasteiger partial charge in [0.25, 0.3) is 0 Å². The number of carbonyl (C=O) groups is 1. The number of amides is 1. The number of hydrogen-bond donors (Lipinski definition) is 0. The van der Waals surface area contributed by atoms with E-state index in [1.807, 2.05) is 0 Å². The van der Waals surface area contributed by atoms with E-state index in [-0.39, 0.29) is 24.5 Å². The second-order valence-electron chi connectivity index (χ2n) is 6.13. The zero-order valence-electron chi connectivity index (χ0n) is 12.8. The lowest BCUT2D eigenvalue weighted by Gasteiger charge is -2.38. The van der Waals surface area contributed by atoms with Crippen molar-refractivity contribution in [3.8, 4) is 0 Å². The van der Waals surface area contributed by atoms with Crippen LogP contribution in [0.1, 0.15) is 25.7 Å². The third-order valence-corrected chi connectivity index (χ3v) is 5.97. The topological polar surface area (TPSA) is 29.5 Å². The van der Waals surface area contributed by atoms with E-state index in [1.54, 1.807) is 28.8 Å². The number of alkyl halides is 3. The van der Waals surface area contributed by atoms with Crippen molar-refractivity contribution >= 4 is 52.7 Å². The van der Waals surface area contributed by atoms with E-state index >= 15 is 0 Å². The van der Waals surface area contributed by atoms with E-state index in [1.165, 1.54) is 12.1 Å². The van der Waals surface area contributed by atoms with Crippen molar-refractivity contribution in [2.24, 2.45) is 0 Å². The fourth-order valence-electron chi connectivity index (χ4n) is 3.45. The standard InChI is InChI=1S/C16H17Cl3FNO2S/c17-16(18,19)9-23-15(22)21-11-3-4-12(21)8-14(7-11)24-13-5-1-10(20)2-6-13/h1-2,5-6,11-12,14H,3-4,7-9H2. The van der Waals surface area contributed by atoms with Gasteiger partial charge in [-0.3, -0.25) is 0 Å². The smallest absolute Gasteiger partial charge is 0.410 e. The van der Waals surface area contributed by atoms with Gasteiger partial charge >= 0.3 is 6.09 Å². The Morgan fingerprint density at radius 3 is 2.33 bits per heavy atom. The summed E-state index contributed by atoms with van der Waals surface area (Å²) in [5.41, 5.74) is 0. The molecule has 2 fully saturated rings. The molecule has 0 aromatic heterocycles. The number of nitrogens with zero attached hydrogens (tertiary/aromatic N) is 1. The highest BCUT2D eigenvalue weighted by Crippen LogP contribution is 2.42. The van der Waals surface area contributed by atoms with Crippen molar-refractivity contribution in [1.82, 2.24) is 4.90 Å². The minimum absolute atomic E-state index is 0.157. The zero-order valence-corrected chi connectivity index (χ0v) is 15.8. The van der Waals surface area contributed by atoms with Crippen molar-refractivity contribution in [1.29, 1.82) is 0 Å². The lowest BCUT2D eigenvalue weighted by atomic mass is 10.0. The summed E-state index contributed by atoms with van der Waals surface area (Å²) < 4.78 is 16.5. The highest BCUT2D eigenvalue weighted by Gasteiger charge is 2.44. The molecule has 2 atom stereocenters. The summed E-state index contributed by atoms with van der Waals surface area (Å²) in [5.74, 6) is -0.231. The highest BCUT2D eigenvalue weighted by molar-refractivity contribution is 8.00. The number of thioether (sulfide) groups is 1. The van der Waals surface area contributed by atoms with Gasteiger partial charge in [-0.25, -0.2) is 9.18 Å². The molecule has 2 heterocycles. The summed E-state index contributed by atoms with van der Waals surface area (Å²) in [5, 5.41) is 0.408. The first kappa shape index (κ1) is 18.4. The summed E-state index contributed by atoms with van der Waals surface area (Å²) in [6.45, 7) is -0.250. The zero-order chi connectivity index (χ0) is 17.3. The van der Waals surface area contributed by atoms with Gasteiger partial charge in [-0.2, -0.15) is 0 Å². The Hall–Kier alpha value is -0.360. The Morgan fingerprint density at radius 1 is 1.21 bits per heavy atom. The molecule has 2 unspecified atom stereocenters. The van der Waals surface area contributed by atoms with E-state index < -0.39 is 9.89 Å². The predicted molar refractivity (Wildman–Crippen MR) is 95.6 cm³/mol. The minimum Gasteiger partial charge on any atom is -0.445 e. The molecule has 2 saturated heterocycles. The molecule has 0 radical (unpaired) electrons. The molecule has 2 bridgehead atoms. The largest absolute Gasteiger partial charge is 0.445 e. The average molecular weight is 413 g/mol. The van der Waals surface area contributed by atoms with E-state index in [4.69, 9.17) is 39.5 Å². The number of piperidine rings is 1. The first-order chi connectivity index (χ1) is 11.3. The molecule has 0 N–H and O–H groups in total. The second kappa shape index (κ2) is 7.48. The molecule has 24 heavy (non-hydrogen) atoms. The van der Waals surface area contributed by atoms with Gasteiger partial charge in [0.15, 0.2) is 0 Å². The summed E-state index contributed by atoms with van der Waals surface area (Å²) in [7, 11) is 0. The van der Waals surface area contributed by atoms with Crippen molar-refractivity contribution in [3.63, 3.8) is 0 Å². The maximum absolute atomic E-state index is 13.0. The third kappa shape index (κ3) is 4.63. The maximum Gasteiger partial charge on any atom is 0.410 e. The molecule has 8 heteroatoms. The van der Waals surface area contributed by atoms with Gasteiger partial charge in [0.2, 0.25) is 3.79 Å². The molecule has 0 saturated carbocycles. The quantitative estimate of drug-likeness (QED) is 0.621. The minimum atomic E-state index is -1.59. The molecule has 1 aromatic carbocycles. The SMILES string of the molecule is O=C(OCC(Cl)(Cl)Cl)N1C2CCC1CC(Sc1ccc(F)cc1)C2. The van der Waals surface area contributed by atoms with E-state index in [0.29, 0.717) is 5.25 Å². The molecular weight excluding hydrogens is 396 g/mol. The van der Waals surface area contributed by atoms with Crippen molar-refractivity contribution < 1.29 is 13.9 Å². The lowest BCUT2D eigenvalue weighted by Crippen LogP contribution is -2.48. The number of ether oxygens (including phenoxy) is 1. The van der Waals surface area contributed by atoms with Gasteiger partial charge in [0.05, 0.1) is 0 Å². The number of hydrogen-bond acceptors (Lipinski definition) is 3. The molecule has 1 amide bonds. The Kier molecular flexibility index (Phi) is 5.75. The van der Waals surface area contributed by atoms with Gasteiger partial charge < -0.3 is 9.64 Å². The molecule has 0 aliphatic carbocycles. The van der Waals surface area contributed by atoms with Crippen LogP contribution < -0.4 is 0 Å². The van der Waals surface area contributed by atoms with Gasteiger partial charge in [-0.15, -0.1) is 11.8 Å². The highest BCUT2D eigenvalue weighted by atomic mass is 35.6. The fourth-order valence-corrected chi connectivity index (χ4v) is 4.92. The monoisotopic (exact) mass is 411 g/mol. The predicted octanol–water partition coefficient (Wildman–Crippen LogP) is 5.42. The first-order valence-corrected chi connectivity index (χ1v) is 9.77. The normalized spacial score (nSPS) is 26.5. The van der Waals surface area contributed by atoms with Crippen LogP contribution >= 0.6 is 46.6 Å². The van der Waals surface area contributed by atoms with Gasteiger partial charge in [0, 0.05) is 22.2 Å². The van der Waals surface area contributed by atoms with Gasteiger partial charge in [-0.1, -0.05) is 34.8 Å². The van der Waals surface area contributed by atoms with Crippen LogP contribution in [-0.2, 0) is 4.74 Å². The fraction of sp³-hybridized carbons (Fsp3) is 0.562. The van der Waals surface area contributed by atoms with Crippen LogP contribution in [0.25, 0.3) is 0 Å². The number of benzene rings is 1. The van der Waals surface area contributed by atoms with Crippen LogP contribution in [-0.4, -0.2) is 38.7 Å². The van der Waals surface area contributed by atoms with Crippen LogP contribution in [0, 0.1) is 5.82 Å². The summed E-state index contributed by atoms with van der Waals surface area (Å²) in [6, 6.07) is 6.85. The molecular formula is C16H17Cl3FNO2S. The molecule has 2 aliphatic rings. The van der Waals surface area contributed by atoms with Crippen LogP contribution in [0.2, 0.25) is 0 Å². The van der Waals surface area contributed by atoms with Crippen LogP contribution in [0.15, 0.2) is 29.2 Å². The summed E-state index contributed by atoms with van der Waals surface area (Å²) in [6.07, 6.45) is 3.31. The number of halogens is 4. The Balaban J connectivity index is 1.58. The summed E-state index contributed by atoms with van der Waals surface area (Å²) in [4.78, 5) is 15.1. The Morgan fingerprint density at radius 2 is 1.79 bits per heavy atom.